The van der Waals surface area contributed by atoms with Crippen molar-refractivity contribution in [3.63, 3.8) is 0 Å². The van der Waals surface area contributed by atoms with E-state index in [9.17, 15) is 0 Å². The average molecular weight is 349 g/mol. The molecule has 1 heterocycles. The number of rotatable bonds is 5. The Morgan fingerprint density at radius 1 is 1.19 bits per heavy atom. The van der Waals surface area contributed by atoms with E-state index in [2.05, 4.69) is 20.5 Å². The van der Waals surface area contributed by atoms with Crippen molar-refractivity contribution in [2.45, 2.75) is 39.4 Å². The van der Waals surface area contributed by atoms with Crippen molar-refractivity contribution in [2.75, 3.05) is 26.4 Å². The van der Waals surface area contributed by atoms with Gasteiger partial charge in [0.05, 0.1) is 0 Å². The Balaban J connectivity index is 0. The fourth-order valence-corrected chi connectivity index (χ4v) is 1.10. The molecule has 3 nitrogen and oxygen atoms in total. The zero-order valence-electron chi connectivity index (χ0n) is 10.5. The summed E-state index contributed by atoms with van der Waals surface area (Å²) in [7, 11) is 0. The molecule has 94 valence electrons. The van der Waals surface area contributed by atoms with Gasteiger partial charge in [0.25, 0.3) is 0 Å². The molecule has 0 saturated carbocycles. The summed E-state index contributed by atoms with van der Waals surface area (Å²) in [6, 6.07) is 0. The first kappa shape index (κ1) is 19.3. The average Bonchev–Trinajstić information content (AvgIpc) is 2.90. The molecule has 0 bridgehead atoms. The first-order valence-corrected chi connectivity index (χ1v) is 12.7. The van der Waals surface area contributed by atoms with Crippen molar-refractivity contribution < 1.29 is 30.6 Å². The van der Waals surface area contributed by atoms with Crippen molar-refractivity contribution >= 4 is 13.6 Å². The molecule has 0 radical (unpaired) electrons. The molecule has 0 spiro atoms. The van der Waals surface area contributed by atoms with E-state index in [1.807, 2.05) is 13.8 Å². The minimum atomic E-state index is -0.0972. The molecule has 0 aromatic rings. The van der Waals surface area contributed by atoms with Gasteiger partial charge in [0, 0.05) is 26.4 Å². The molecule has 0 unspecified atom stereocenters. The quantitative estimate of drug-likeness (QED) is 0.434. The maximum absolute atomic E-state index is 5.15. The first-order valence-electron chi connectivity index (χ1n) is 5.72. The molecule has 1 fully saturated rings. The second-order valence-electron chi connectivity index (χ2n) is 2.95. The van der Waals surface area contributed by atoms with Crippen LogP contribution in [0.2, 0.25) is 0 Å². The fraction of sp³-hybridized carbons (Fsp3) is 0.909. The maximum atomic E-state index is 5.15. The van der Waals surface area contributed by atoms with Gasteiger partial charge in [-0.2, -0.15) is 0 Å². The summed E-state index contributed by atoms with van der Waals surface area (Å²) in [6.07, 6.45) is 3.14. The van der Waals surface area contributed by atoms with Crippen LogP contribution >= 0.6 is 13.6 Å². The van der Waals surface area contributed by atoms with Crippen LogP contribution in [-0.2, 0) is 30.6 Å². The van der Waals surface area contributed by atoms with Gasteiger partial charge in [-0.25, -0.2) is 0 Å². The Morgan fingerprint density at radius 3 is 1.81 bits per heavy atom. The summed E-state index contributed by atoms with van der Waals surface area (Å²) >= 11 is 4.25. The Kier molecular flexibility index (Phi) is 22.2. The summed E-state index contributed by atoms with van der Waals surface area (Å²) in [4.78, 5) is 0. The molecule has 0 N–H and O–H groups in total. The molecule has 1 saturated heterocycles. The molecule has 5 heteroatoms. The second-order valence-corrected chi connectivity index (χ2v) is 2.95. The Bertz CT molecular complexity index is 99.8. The molecule has 1 aliphatic rings. The number of halogens is 1. The summed E-state index contributed by atoms with van der Waals surface area (Å²) in [6.45, 7) is 11.0. The Labute approximate surface area is 117 Å². The van der Waals surface area contributed by atoms with Crippen LogP contribution in [0.25, 0.3) is 0 Å². The number of hydrogen-bond donors (Lipinski definition) is 0. The summed E-state index contributed by atoms with van der Waals surface area (Å²) in [5.41, 5.74) is 0. The van der Waals surface area contributed by atoms with Gasteiger partial charge < -0.3 is 21.1 Å². The molecular weight excluding hydrogens is 325 g/mol. The van der Waals surface area contributed by atoms with Gasteiger partial charge >= 0.3 is 30.0 Å². The monoisotopic (exact) mass is 346 g/mol. The van der Waals surface area contributed by atoms with E-state index < -0.39 is 0 Å². The van der Waals surface area contributed by atoms with Gasteiger partial charge in [-0.1, -0.05) is 0 Å². The van der Waals surface area contributed by atoms with Crippen LogP contribution in [0.4, 0.5) is 0 Å². The van der Waals surface area contributed by atoms with Crippen LogP contribution in [0, 0.1) is 6.92 Å². The third-order valence-corrected chi connectivity index (χ3v) is 1.77. The number of ether oxygens (including phenoxy) is 3. The van der Waals surface area contributed by atoms with Gasteiger partial charge in [0.2, 0.25) is 0 Å². The third-order valence-electron chi connectivity index (χ3n) is 1.77. The van der Waals surface area contributed by atoms with E-state index in [0.29, 0.717) is 19.6 Å². The van der Waals surface area contributed by atoms with Gasteiger partial charge in [0.15, 0.2) is 0 Å². The normalized spacial score (nSPS) is 13.9. The van der Waals surface area contributed by atoms with Crippen molar-refractivity contribution in [1.82, 2.24) is 0 Å². The van der Waals surface area contributed by atoms with Gasteiger partial charge in [-0.15, -0.1) is 6.42 Å². The second kappa shape index (κ2) is 18.4. The standard InChI is InChI=1S/C7H15O2.C4H8O.BrH.Zn/c1-4-7(8-5-2)9-6-3;1-2-4-5-3-1;;/h7H,1,4-6H2,2-3H3;1-4H2;1H;/q-1;;;+2/p-1. The molecule has 0 aliphatic carbocycles. The molecule has 0 aromatic heterocycles. The SMILES string of the molecule is C1CCOC1.[CH2-]CC(OCC)OCC.[Zn+][Br]. The van der Waals surface area contributed by atoms with Crippen LogP contribution in [0.15, 0.2) is 0 Å². The van der Waals surface area contributed by atoms with E-state index in [4.69, 9.17) is 14.2 Å². The topological polar surface area (TPSA) is 27.7 Å². The molecule has 0 aromatic carbocycles. The van der Waals surface area contributed by atoms with Gasteiger partial charge in [0.1, 0.15) is 6.29 Å². The number of hydrogen-bond acceptors (Lipinski definition) is 3. The van der Waals surface area contributed by atoms with Crippen molar-refractivity contribution in [3.05, 3.63) is 6.92 Å². The molecular formula is C11H23BrO3Zn. The molecule has 0 amide bonds. The van der Waals surface area contributed by atoms with E-state index in [0.717, 1.165) is 13.2 Å². The minimum absolute atomic E-state index is 0.0972. The van der Waals surface area contributed by atoms with Crippen LogP contribution in [0.5, 0.6) is 0 Å². The van der Waals surface area contributed by atoms with E-state index >= 15 is 0 Å². The van der Waals surface area contributed by atoms with E-state index in [1.165, 1.54) is 29.2 Å². The van der Waals surface area contributed by atoms with Crippen molar-refractivity contribution in [1.29, 1.82) is 0 Å². The summed E-state index contributed by atoms with van der Waals surface area (Å²) in [5, 5.41) is 0. The van der Waals surface area contributed by atoms with Crippen molar-refractivity contribution in [2.24, 2.45) is 0 Å². The molecule has 1 rings (SSSR count). The van der Waals surface area contributed by atoms with Crippen LogP contribution < -0.4 is 0 Å². The van der Waals surface area contributed by atoms with Crippen LogP contribution in [0.3, 0.4) is 0 Å². The van der Waals surface area contributed by atoms with Gasteiger partial charge in [-0.05, 0) is 26.7 Å². The summed E-state index contributed by atoms with van der Waals surface area (Å²) < 4.78 is 15.2. The van der Waals surface area contributed by atoms with E-state index in [-0.39, 0.29) is 6.29 Å². The molecule has 1 aliphatic heterocycles. The predicted molar refractivity (Wildman–Crippen MR) is 66.0 cm³/mol. The Hall–Kier alpha value is 0.983. The zero-order chi connectivity index (χ0) is 12.6. The van der Waals surface area contributed by atoms with E-state index in [1.54, 1.807) is 0 Å². The fourth-order valence-electron chi connectivity index (χ4n) is 1.10. The molecule has 0 atom stereocenters. The molecule has 16 heavy (non-hydrogen) atoms. The van der Waals surface area contributed by atoms with Gasteiger partial charge in [-0.3, -0.25) is 0 Å². The third kappa shape index (κ3) is 15.0. The van der Waals surface area contributed by atoms with Crippen LogP contribution in [-0.4, -0.2) is 32.7 Å². The Morgan fingerprint density at radius 2 is 1.62 bits per heavy atom. The summed E-state index contributed by atoms with van der Waals surface area (Å²) in [5.74, 6) is 0. The zero-order valence-corrected chi connectivity index (χ0v) is 15.1. The first-order chi connectivity index (χ1) is 7.85. The predicted octanol–water partition coefficient (Wildman–Crippen LogP) is 3.25. The van der Waals surface area contributed by atoms with Crippen LogP contribution in [0.1, 0.15) is 33.1 Å². The van der Waals surface area contributed by atoms with Crippen molar-refractivity contribution in [3.8, 4) is 0 Å².